The predicted molar refractivity (Wildman–Crippen MR) is 280 cm³/mol. The van der Waals surface area contributed by atoms with E-state index in [0.717, 1.165) is 19.5 Å². The summed E-state index contributed by atoms with van der Waals surface area (Å²) >= 11 is 2.70. The first-order valence-electron chi connectivity index (χ1n) is 23.7. The predicted octanol–water partition coefficient (Wildman–Crippen LogP) is 16.1. The summed E-state index contributed by atoms with van der Waals surface area (Å²) in [6.45, 7) is 32.9. The zero-order valence-electron chi connectivity index (χ0n) is 41.6. The van der Waals surface area contributed by atoms with Gasteiger partial charge in [-0.3, -0.25) is 15.0 Å². The van der Waals surface area contributed by atoms with Gasteiger partial charge in [-0.2, -0.15) is 0 Å². The van der Waals surface area contributed by atoms with Gasteiger partial charge in [0.25, 0.3) is 0 Å². The number of benzene rings is 4. The van der Waals surface area contributed by atoms with E-state index in [4.69, 9.17) is 0 Å². The van der Waals surface area contributed by atoms with Crippen LogP contribution >= 0.6 is 0 Å². The molecule has 0 unspecified atom stereocenters. The van der Waals surface area contributed by atoms with Crippen LogP contribution in [-0.2, 0) is 42.7 Å². The molecule has 0 bridgehead atoms. The summed E-state index contributed by atoms with van der Waals surface area (Å²) in [4.78, 5) is 16.0. The third kappa shape index (κ3) is 19.3. The van der Waals surface area contributed by atoms with E-state index >= 15 is 0 Å². The second kappa shape index (κ2) is 32.8. The Bertz CT molecular complexity index is 2000. The van der Waals surface area contributed by atoms with Crippen molar-refractivity contribution in [3.63, 3.8) is 0 Å². The van der Waals surface area contributed by atoms with Gasteiger partial charge in [-0.05, 0) is 132 Å². The summed E-state index contributed by atoms with van der Waals surface area (Å²) in [6, 6.07) is 26.7. The second-order valence-corrected chi connectivity index (χ2v) is 16.1. The second-order valence-electron chi connectivity index (χ2n) is 15.3. The molecule has 4 aliphatic heterocycles. The van der Waals surface area contributed by atoms with Gasteiger partial charge in [0.1, 0.15) is 0 Å². The fourth-order valence-corrected chi connectivity index (χ4v) is 7.92. The zero-order chi connectivity index (χ0) is 45.9. The number of rotatable bonds is 0. The molecule has 5 heteroatoms. The van der Waals surface area contributed by atoms with Crippen molar-refractivity contribution >= 4 is 32.9 Å². The summed E-state index contributed by atoms with van der Waals surface area (Å²) in [7, 11) is 2.16. The van der Waals surface area contributed by atoms with E-state index in [0.29, 0.717) is 0 Å². The first kappa shape index (κ1) is 58.1. The van der Waals surface area contributed by atoms with Crippen molar-refractivity contribution in [1.29, 1.82) is 0 Å². The number of hydrogen-bond donors (Lipinski definition) is 0. The molecule has 4 aromatic rings. The maximum absolute atomic E-state index is 4.62. The number of anilines is 1. The summed E-state index contributed by atoms with van der Waals surface area (Å²) in [5.74, 6) is 0. The Balaban J connectivity index is 0.000000754. The summed E-state index contributed by atoms with van der Waals surface area (Å²) in [5, 5.41) is 0. The van der Waals surface area contributed by atoms with Crippen LogP contribution in [0.1, 0.15) is 178 Å². The number of hydrogen-bond acceptors (Lipinski definition) is 4. The van der Waals surface area contributed by atoms with Gasteiger partial charge >= 0.3 is 94.5 Å². The number of nitrogens with zero attached hydrogens (tertiary/aromatic N) is 4. The molecule has 4 aromatic carbocycles. The van der Waals surface area contributed by atoms with Crippen LogP contribution in [0.3, 0.4) is 0 Å². The summed E-state index contributed by atoms with van der Waals surface area (Å²) in [5.41, 5.74) is 20.1. The van der Waals surface area contributed by atoms with Gasteiger partial charge in [0, 0.05) is 30.2 Å². The molecule has 4 heterocycles. The number of aryl methyl sites for hydroxylation is 8. The van der Waals surface area contributed by atoms with Crippen molar-refractivity contribution in [3.8, 4) is 0 Å². The molecular weight excluding hydrogens is 792 g/mol. The van der Waals surface area contributed by atoms with Gasteiger partial charge in [-0.25, -0.2) is 0 Å². The molecule has 62 heavy (non-hydrogen) atoms. The summed E-state index contributed by atoms with van der Waals surface area (Å²) in [6.07, 6.45) is 12.0. The van der Waals surface area contributed by atoms with Crippen LogP contribution in [0.25, 0.3) is 0 Å². The van der Waals surface area contributed by atoms with E-state index in [1.165, 1.54) is 146 Å². The third-order valence-corrected chi connectivity index (χ3v) is 11.4. The van der Waals surface area contributed by atoms with E-state index in [1.54, 1.807) is 0 Å². The van der Waals surface area contributed by atoms with Crippen molar-refractivity contribution in [3.05, 3.63) is 128 Å². The van der Waals surface area contributed by atoms with Crippen LogP contribution in [0.4, 0.5) is 11.4 Å². The van der Waals surface area contributed by atoms with Crippen LogP contribution in [0.5, 0.6) is 0 Å². The summed E-state index contributed by atoms with van der Waals surface area (Å²) < 4.78 is 1.42. The fraction of sp³-hybridized carbons (Fsp3) is 0.509. The van der Waals surface area contributed by atoms with E-state index < -0.39 is 0 Å². The van der Waals surface area contributed by atoms with E-state index in [-0.39, 0.29) is 7.43 Å². The molecule has 4 aliphatic rings. The minimum absolute atomic E-state index is 0. The normalized spacial score (nSPS) is 14.1. The number of aliphatic imine (C=N–C) groups is 3. The molecule has 0 aromatic heterocycles. The van der Waals surface area contributed by atoms with E-state index in [9.17, 15) is 0 Å². The van der Waals surface area contributed by atoms with Crippen molar-refractivity contribution in [2.24, 2.45) is 15.0 Å². The van der Waals surface area contributed by atoms with Crippen LogP contribution in [-0.4, -0.2) is 41.6 Å². The Morgan fingerprint density at radius 1 is 0.452 bits per heavy atom. The Morgan fingerprint density at radius 3 is 1.53 bits per heavy atom. The molecule has 0 N–H and O–H groups in total. The van der Waals surface area contributed by atoms with Crippen molar-refractivity contribution in [2.45, 2.75) is 175 Å². The molecule has 0 atom stereocenters. The Morgan fingerprint density at radius 2 is 0.903 bits per heavy atom. The molecule has 0 fully saturated rings. The molecule has 0 saturated heterocycles. The average Bonchev–Trinajstić information content (AvgIpc) is 3.73. The van der Waals surface area contributed by atoms with Crippen LogP contribution < -0.4 is 4.90 Å². The van der Waals surface area contributed by atoms with Gasteiger partial charge in [0.05, 0.1) is 5.69 Å². The van der Waals surface area contributed by atoms with E-state index in [2.05, 4.69) is 165 Å². The maximum atomic E-state index is 4.62. The van der Waals surface area contributed by atoms with Crippen molar-refractivity contribution < 1.29 is 17.0 Å². The quantitative estimate of drug-likeness (QED) is 0.173. The van der Waals surface area contributed by atoms with Crippen molar-refractivity contribution in [1.82, 2.24) is 0 Å². The fourth-order valence-electron chi connectivity index (χ4n) is 7.50. The Kier molecular flexibility index (Phi) is 30.7. The molecule has 4 nitrogen and oxygen atoms in total. The Labute approximate surface area is 391 Å². The van der Waals surface area contributed by atoms with Gasteiger partial charge in [0.2, 0.25) is 0 Å². The van der Waals surface area contributed by atoms with Gasteiger partial charge in [0.15, 0.2) is 0 Å². The number of fused-ring (bicyclic) bond motifs is 4. The van der Waals surface area contributed by atoms with Crippen LogP contribution in [0.15, 0.2) is 87.8 Å². The third-order valence-electron chi connectivity index (χ3n) is 10.6. The van der Waals surface area contributed by atoms with Gasteiger partial charge in [-0.15, -0.1) is 0 Å². The molecule has 0 spiro atoms. The standard InChI is InChI=1S/4C12H15N.4C2H6.CH4.V/c1-9-5-6-12-10(2)13-7-3-4-11(12)8-9;1-9-5-6-11-4-3-7-13-10(2)12(11)8-9;1-9-6-7-11-5-3-4-10(2)13-12(11)8-9;1-10-6-7-12-11(9-10)5-3-4-8-13(12)2;4*1-2;;/h2*5-6,8H,3-4,7H2,1-2H3;6-8H,3-5H2,1-2H3;6-7,9H,3-5H2,1-2H3;4*1-2H3;1H4;. The topological polar surface area (TPSA) is 40.3 Å². The molecule has 0 aliphatic carbocycles. The van der Waals surface area contributed by atoms with Gasteiger partial charge < -0.3 is 0 Å². The first-order valence-corrected chi connectivity index (χ1v) is 24.4. The molecule has 341 valence electrons. The molecule has 0 amide bonds. The Hall–Kier alpha value is -3.86. The molecule has 8 rings (SSSR count). The molecule has 0 saturated carbocycles. The molecule has 0 radical (unpaired) electrons. The SMILES string of the molecule is C.CC.CC.CC.CC.CC1=NCCCc2cc(C)ccc21.CC1=NCCCc2ccc(C)cc21.CC1=Nc2cc(C)ccc2CCC1.Cc1ccc2c(c1)CCC[C](=[V])N2C. The van der Waals surface area contributed by atoms with Gasteiger partial charge in [-0.1, -0.05) is 116 Å². The van der Waals surface area contributed by atoms with Crippen LogP contribution in [0, 0.1) is 27.7 Å². The molecular formula is C57H88N4V. The zero-order valence-corrected chi connectivity index (χ0v) is 43.0. The first-order chi connectivity index (χ1) is 29.5. The van der Waals surface area contributed by atoms with Crippen molar-refractivity contribution in [2.75, 3.05) is 25.0 Å². The monoisotopic (exact) mass is 880 g/mol. The van der Waals surface area contributed by atoms with E-state index in [1.807, 2.05) is 55.4 Å². The van der Waals surface area contributed by atoms with Crippen LogP contribution in [0.2, 0.25) is 0 Å². The minimum atomic E-state index is 0. The average molecular weight is 880 g/mol.